The quantitative estimate of drug-likeness (QED) is 0.928. The Labute approximate surface area is 126 Å². The van der Waals surface area contributed by atoms with Crippen molar-refractivity contribution in [1.82, 2.24) is 19.8 Å². The largest absolute Gasteiger partial charge is 0.367 e. The molecule has 1 unspecified atom stereocenters. The molecule has 1 fully saturated rings. The van der Waals surface area contributed by atoms with Crippen LogP contribution in [0.4, 0.5) is 5.82 Å². The van der Waals surface area contributed by atoms with Crippen LogP contribution in [0.25, 0.3) is 11.0 Å². The van der Waals surface area contributed by atoms with Crippen molar-refractivity contribution < 1.29 is 0 Å². The third kappa shape index (κ3) is 3.14. The van der Waals surface area contributed by atoms with E-state index in [9.17, 15) is 0 Å². The topological polar surface area (TPSA) is 44.3 Å². The van der Waals surface area contributed by atoms with E-state index in [2.05, 4.69) is 34.2 Å². The number of hydrogen-bond donors (Lipinski definition) is 1. The van der Waals surface area contributed by atoms with Gasteiger partial charge in [-0.1, -0.05) is 12.1 Å². The lowest BCUT2D eigenvalue weighted by atomic mass is 10.2. The van der Waals surface area contributed by atoms with Crippen LogP contribution >= 0.6 is 0 Å². The number of nitrogens with one attached hydrogen (secondary N) is 1. The van der Waals surface area contributed by atoms with E-state index in [1.54, 1.807) is 0 Å². The average Bonchev–Trinajstić information content (AvgIpc) is 2.48. The molecule has 2 heterocycles. The minimum atomic E-state index is 0.511. The lowest BCUT2D eigenvalue weighted by molar-refractivity contribution is 0.122. The summed E-state index contributed by atoms with van der Waals surface area (Å²) in [5, 5.41) is 3.48. The lowest BCUT2D eigenvalue weighted by Crippen LogP contribution is -2.52. The minimum absolute atomic E-state index is 0.511. The second kappa shape index (κ2) is 5.95. The molecule has 5 heteroatoms. The Balaban J connectivity index is 1.74. The molecule has 0 saturated carbocycles. The van der Waals surface area contributed by atoms with Crippen LogP contribution < -0.4 is 5.32 Å². The molecule has 1 aliphatic rings. The zero-order chi connectivity index (χ0) is 14.8. The van der Waals surface area contributed by atoms with Gasteiger partial charge in [0.1, 0.15) is 5.82 Å². The van der Waals surface area contributed by atoms with Crippen LogP contribution in [0.5, 0.6) is 0 Å². The molecule has 5 nitrogen and oxygen atoms in total. The van der Waals surface area contributed by atoms with E-state index >= 15 is 0 Å². The summed E-state index contributed by atoms with van der Waals surface area (Å²) in [6.45, 7) is 6.25. The Bertz CT molecular complexity index is 627. The maximum absolute atomic E-state index is 4.70. The van der Waals surface area contributed by atoms with Crippen LogP contribution in [0, 0.1) is 6.92 Å². The molecule has 21 heavy (non-hydrogen) atoms. The normalized spacial score (nSPS) is 20.8. The average molecular weight is 285 g/mol. The van der Waals surface area contributed by atoms with Crippen LogP contribution in [0.15, 0.2) is 24.3 Å². The van der Waals surface area contributed by atoms with Gasteiger partial charge in [0.25, 0.3) is 0 Å². The van der Waals surface area contributed by atoms with Crippen molar-refractivity contribution in [2.75, 3.05) is 45.6 Å². The Morgan fingerprint density at radius 3 is 2.62 bits per heavy atom. The maximum Gasteiger partial charge on any atom is 0.148 e. The Kier molecular flexibility index (Phi) is 4.03. The van der Waals surface area contributed by atoms with Crippen molar-refractivity contribution in [3.8, 4) is 0 Å². The molecule has 2 aromatic rings. The van der Waals surface area contributed by atoms with Gasteiger partial charge in [0.2, 0.25) is 0 Å². The molecular weight excluding hydrogens is 262 g/mol. The highest BCUT2D eigenvalue weighted by atomic mass is 15.3. The number of aryl methyl sites for hydroxylation is 1. The van der Waals surface area contributed by atoms with Gasteiger partial charge >= 0.3 is 0 Å². The number of aromatic nitrogens is 2. The Morgan fingerprint density at radius 2 is 1.86 bits per heavy atom. The summed E-state index contributed by atoms with van der Waals surface area (Å²) in [7, 11) is 4.37. The van der Waals surface area contributed by atoms with Crippen molar-refractivity contribution in [2.45, 2.75) is 13.0 Å². The number of para-hydroxylation sites is 2. The standard InChI is InChI=1S/C16H23N5/c1-12-16(19-15-7-5-4-6-14(15)18-12)17-10-13-11-20(2)8-9-21(13)3/h4-7,13H,8-11H2,1-3H3,(H,17,19). The van der Waals surface area contributed by atoms with Crippen molar-refractivity contribution in [3.63, 3.8) is 0 Å². The third-order valence-corrected chi connectivity index (χ3v) is 4.23. The number of rotatable bonds is 3. The van der Waals surface area contributed by atoms with Gasteiger partial charge in [-0.3, -0.25) is 4.90 Å². The summed E-state index contributed by atoms with van der Waals surface area (Å²) in [6.07, 6.45) is 0. The number of nitrogens with zero attached hydrogens (tertiary/aromatic N) is 4. The lowest BCUT2D eigenvalue weighted by Gasteiger charge is -2.37. The molecule has 1 aromatic carbocycles. The fourth-order valence-electron chi connectivity index (χ4n) is 2.79. The van der Waals surface area contributed by atoms with E-state index in [-0.39, 0.29) is 0 Å². The number of likely N-dealkylation sites (N-methyl/N-ethyl adjacent to an activating group) is 2. The number of piperazine rings is 1. The molecule has 0 aliphatic carbocycles. The van der Waals surface area contributed by atoms with E-state index in [0.29, 0.717) is 6.04 Å². The highest BCUT2D eigenvalue weighted by Gasteiger charge is 2.22. The second-order valence-corrected chi connectivity index (χ2v) is 5.92. The molecule has 1 atom stereocenters. The van der Waals surface area contributed by atoms with Crippen LogP contribution in [-0.4, -0.2) is 66.1 Å². The first kappa shape index (κ1) is 14.2. The number of fused-ring (bicyclic) bond motifs is 1. The summed E-state index contributed by atoms with van der Waals surface area (Å²) in [4.78, 5) is 14.1. The highest BCUT2D eigenvalue weighted by Crippen LogP contribution is 2.16. The zero-order valence-corrected chi connectivity index (χ0v) is 13.0. The van der Waals surface area contributed by atoms with Crippen molar-refractivity contribution in [2.24, 2.45) is 0 Å². The van der Waals surface area contributed by atoms with Crippen LogP contribution in [0.1, 0.15) is 5.69 Å². The van der Waals surface area contributed by atoms with E-state index in [0.717, 1.165) is 48.7 Å². The SMILES string of the molecule is Cc1nc2ccccc2nc1NCC1CN(C)CCN1C. The summed E-state index contributed by atoms with van der Waals surface area (Å²) in [6, 6.07) is 8.52. The number of benzene rings is 1. The minimum Gasteiger partial charge on any atom is -0.367 e. The Hall–Kier alpha value is -1.72. The predicted molar refractivity (Wildman–Crippen MR) is 86.7 cm³/mol. The fraction of sp³-hybridized carbons (Fsp3) is 0.500. The first-order chi connectivity index (χ1) is 10.1. The second-order valence-electron chi connectivity index (χ2n) is 5.92. The molecule has 1 aromatic heterocycles. The Morgan fingerprint density at radius 1 is 1.14 bits per heavy atom. The first-order valence-electron chi connectivity index (χ1n) is 7.49. The zero-order valence-electron chi connectivity index (χ0n) is 13.0. The van der Waals surface area contributed by atoms with Crippen LogP contribution in [0.2, 0.25) is 0 Å². The predicted octanol–water partition coefficient (Wildman–Crippen LogP) is 1.60. The fourth-order valence-corrected chi connectivity index (χ4v) is 2.79. The first-order valence-corrected chi connectivity index (χ1v) is 7.49. The van der Waals surface area contributed by atoms with Gasteiger partial charge in [-0.05, 0) is 33.2 Å². The molecule has 0 bridgehead atoms. The van der Waals surface area contributed by atoms with E-state index in [1.165, 1.54) is 0 Å². The monoisotopic (exact) mass is 285 g/mol. The summed E-state index contributed by atoms with van der Waals surface area (Å²) in [5.41, 5.74) is 2.86. The van der Waals surface area contributed by atoms with Gasteiger partial charge in [0, 0.05) is 32.2 Å². The summed E-state index contributed by atoms with van der Waals surface area (Å²) >= 11 is 0. The molecule has 112 valence electrons. The van der Waals surface area contributed by atoms with Gasteiger partial charge in [0.15, 0.2) is 0 Å². The van der Waals surface area contributed by atoms with E-state index in [1.807, 2.05) is 31.2 Å². The van der Waals surface area contributed by atoms with Gasteiger partial charge in [-0.25, -0.2) is 9.97 Å². The van der Waals surface area contributed by atoms with E-state index in [4.69, 9.17) is 4.98 Å². The smallest absolute Gasteiger partial charge is 0.148 e. The van der Waals surface area contributed by atoms with Gasteiger partial charge in [-0.2, -0.15) is 0 Å². The third-order valence-electron chi connectivity index (χ3n) is 4.23. The highest BCUT2D eigenvalue weighted by molar-refractivity contribution is 5.76. The van der Waals surface area contributed by atoms with Gasteiger partial charge in [0.05, 0.1) is 16.7 Å². The molecule has 0 amide bonds. The van der Waals surface area contributed by atoms with Crippen molar-refractivity contribution in [1.29, 1.82) is 0 Å². The van der Waals surface area contributed by atoms with Crippen LogP contribution in [0.3, 0.4) is 0 Å². The molecular formula is C16H23N5. The van der Waals surface area contributed by atoms with Crippen molar-refractivity contribution in [3.05, 3.63) is 30.0 Å². The molecule has 1 N–H and O–H groups in total. The number of anilines is 1. The van der Waals surface area contributed by atoms with E-state index < -0.39 is 0 Å². The molecule has 1 saturated heterocycles. The maximum atomic E-state index is 4.70. The molecule has 0 spiro atoms. The van der Waals surface area contributed by atoms with Crippen LogP contribution in [-0.2, 0) is 0 Å². The number of hydrogen-bond acceptors (Lipinski definition) is 5. The molecule has 0 radical (unpaired) electrons. The molecule has 1 aliphatic heterocycles. The van der Waals surface area contributed by atoms with Crippen molar-refractivity contribution >= 4 is 16.9 Å². The summed E-state index contributed by atoms with van der Waals surface area (Å²) in [5.74, 6) is 0.898. The summed E-state index contributed by atoms with van der Waals surface area (Å²) < 4.78 is 0. The molecule has 3 rings (SSSR count). The van der Waals surface area contributed by atoms with Gasteiger partial charge in [-0.15, -0.1) is 0 Å². The van der Waals surface area contributed by atoms with Gasteiger partial charge < -0.3 is 10.2 Å².